The first-order valence-electron chi connectivity index (χ1n) is 13.4. The number of hydrogen-bond acceptors (Lipinski definition) is 4. The zero-order valence-corrected chi connectivity index (χ0v) is 22.1. The predicted molar refractivity (Wildman–Crippen MR) is 144 cm³/mol. The first-order valence-corrected chi connectivity index (χ1v) is 13.4. The molecule has 36 heavy (non-hydrogen) atoms. The van der Waals surface area contributed by atoms with E-state index < -0.39 is 0 Å². The van der Waals surface area contributed by atoms with Crippen molar-refractivity contribution in [1.29, 1.82) is 0 Å². The number of benzene rings is 3. The average Bonchev–Trinajstić information content (AvgIpc) is 2.91. The van der Waals surface area contributed by atoms with Crippen molar-refractivity contribution in [3.63, 3.8) is 0 Å². The summed E-state index contributed by atoms with van der Waals surface area (Å²) in [5, 5.41) is 5.06. The molecule has 0 amide bonds. The Morgan fingerprint density at radius 1 is 0.611 bits per heavy atom. The SMILES string of the molecule is COC(=O)C1CCC(C)(c2ccc3cc4cc(C5(C)CCC(C(=O)OC)CC5)ccc4cc3c2)CC1. The van der Waals surface area contributed by atoms with Gasteiger partial charge in [0, 0.05) is 0 Å². The summed E-state index contributed by atoms with van der Waals surface area (Å²) in [5.41, 5.74) is 2.91. The molecular formula is C32H38O4. The Morgan fingerprint density at radius 3 is 1.31 bits per heavy atom. The summed E-state index contributed by atoms with van der Waals surface area (Å²) < 4.78 is 9.95. The van der Waals surface area contributed by atoms with Crippen LogP contribution in [0.25, 0.3) is 21.5 Å². The van der Waals surface area contributed by atoms with Gasteiger partial charge in [-0.15, -0.1) is 0 Å². The van der Waals surface area contributed by atoms with Gasteiger partial charge in [0.25, 0.3) is 0 Å². The van der Waals surface area contributed by atoms with Gasteiger partial charge in [0.2, 0.25) is 0 Å². The Hall–Kier alpha value is -2.88. The van der Waals surface area contributed by atoms with Crippen molar-refractivity contribution in [3.05, 3.63) is 59.7 Å². The number of methoxy groups -OCH3 is 2. The van der Waals surface area contributed by atoms with E-state index in [0.717, 1.165) is 51.4 Å². The molecule has 0 N–H and O–H groups in total. The Bertz CT molecular complexity index is 1190. The highest BCUT2D eigenvalue weighted by Crippen LogP contribution is 2.44. The Balaban J connectivity index is 1.39. The fourth-order valence-corrected chi connectivity index (χ4v) is 6.64. The van der Waals surface area contributed by atoms with Gasteiger partial charge in [0.05, 0.1) is 26.1 Å². The zero-order valence-electron chi connectivity index (χ0n) is 22.1. The van der Waals surface area contributed by atoms with E-state index in [1.807, 2.05) is 0 Å². The summed E-state index contributed by atoms with van der Waals surface area (Å²) >= 11 is 0. The van der Waals surface area contributed by atoms with Crippen LogP contribution in [0.15, 0.2) is 48.5 Å². The summed E-state index contributed by atoms with van der Waals surface area (Å²) in [5.74, 6) is -0.0448. The molecule has 0 atom stereocenters. The van der Waals surface area contributed by atoms with Crippen LogP contribution < -0.4 is 0 Å². The molecule has 0 unspecified atom stereocenters. The molecule has 2 aliphatic rings. The second-order valence-corrected chi connectivity index (χ2v) is 11.7. The van der Waals surface area contributed by atoms with Crippen LogP contribution in [0.3, 0.4) is 0 Å². The summed E-state index contributed by atoms with van der Waals surface area (Å²) in [7, 11) is 2.98. The van der Waals surface area contributed by atoms with E-state index in [0.29, 0.717) is 0 Å². The third-order valence-electron chi connectivity index (χ3n) is 9.44. The lowest BCUT2D eigenvalue weighted by molar-refractivity contribution is -0.147. The number of rotatable bonds is 4. The normalized spacial score (nSPS) is 28.7. The maximum Gasteiger partial charge on any atom is 0.308 e. The second-order valence-electron chi connectivity index (χ2n) is 11.7. The van der Waals surface area contributed by atoms with Gasteiger partial charge in [-0.2, -0.15) is 0 Å². The molecule has 0 aromatic heterocycles. The average molecular weight is 487 g/mol. The molecule has 190 valence electrons. The van der Waals surface area contributed by atoms with Gasteiger partial charge in [-0.3, -0.25) is 9.59 Å². The summed E-state index contributed by atoms with van der Waals surface area (Å²) in [6, 6.07) is 18.4. The minimum Gasteiger partial charge on any atom is -0.469 e. The Kier molecular flexibility index (Phi) is 6.57. The van der Waals surface area contributed by atoms with E-state index in [4.69, 9.17) is 9.47 Å². The molecule has 2 saturated carbocycles. The standard InChI is InChI=1S/C32H38O4/c1-31(13-9-21(10-14-31)29(33)35-3)27-7-5-23-18-26-20-28(8-6-24(26)17-25(23)19-27)32(2)15-11-22(12-16-32)30(34)36-4/h5-8,17-22H,9-16H2,1-4H3. The second kappa shape index (κ2) is 9.53. The van der Waals surface area contributed by atoms with Gasteiger partial charge in [-0.25, -0.2) is 0 Å². The fraction of sp³-hybridized carbons (Fsp3) is 0.500. The van der Waals surface area contributed by atoms with Gasteiger partial charge in [0.1, 0.15) is 0 Å². The summed E-state index contributed by atoms with van der Waals surface area (Å²) in [4.78, 5) is 23.9. The van der Waals surface area contributed by atoms with Gasteiger partial charge >= 0.3 is 11.9 Å². The highest BCUT2D eigenvalue weighted by molar-refractivity contribution is 5.98. The molecule has 4 nitrogen and oxygen atoms in total. The Labute approximate surface area is 214 Å². The molecule has 2 fully saturated rings. The number of ether oxygens (including phenoxy) is 2. The number of carbonyl (C=O) groups excluding carboxylic acids is 2. The predicted octanol–water partition coefficient (Wildman–Crippen LogP) is 7.23. The van der Waals surface area contributed by atoms with Crippen molar-refractivity contribution in [2.75, 3.05) is 14.2 Å². The lowest BCUT2D eigenvalue weighted by Crippen LogP contribution is -2.32. The molecule has 3 aromatic rings. The van der Waals surface area contributed by atoms with Gasteiger partial charge in [0.15, 0.2) is 0 Å². The van der Waals surface area contributed by atoms with Crippen LogP contribution in [0.5, 0.6) is 0 Å². The lowest BCUT2D eigenvalue weighted by atomic mass is 9.67. The number of esters is 2. The lowest BCUT2D eigenvalue weighted by Gasteiger charge is -2.37. The molecule has 2 aliphatic carbocycles. The van der Waals surface area contributed by atoms with Gasteiger partial charge < -0.3 is 9.47 Å². The summed E-state index contributed by atoms with van der Waals surface area (Å²) in [6.45, 7) is 4.68. The number of hydrogen-bond donors (Lipinski definition) is 0. The van der Waals surface area contributed by atoms with Crippen LogP contribution >= 0.6 is 0 Å². The van der Waals surface area contributed by atoms with Crippen molar-refractivity contribution in [3.8, 4) is 0 Å². The first-order chi connectivity index (χ1) is 17.2. The molecule has 0 aliphatic heterocycles. The number of fused-ring (bicyclic) bond motifs is 2. The minimum atomic E-state index is -0.0632. The van der Waals surface area contributed by atoms with Crippen molar-refractivity contribution in [1.82, 2.24) is 0 Å². The van der Waals surface area contributed by atoms with Crippen molar-refractivity contribution < 1.29 is 19.1 Å². The highest BCUT2D eigenvalue weighted by atomic mass is 16.5. The first kappa shape index (κ1) is 24.8. The highest BCUT2D eigenvalue weighted by Gasteiger charge is 2.37. The summed E-state index contributed by atoms with van der Waals surface area (Å²) in [6.07, 6.45) is 7.58. The third-order valence-corrected chi connectivity index (χ3v) is 9.44. The van der Waals surface area contributed by atoms with E-state index in [1.165, 1.54) is 46.9 Å². The van der Waals surface area contributed by atoms with Gasteiger partial charge in [-0.1, -0.05) is 50.2 Å². The molecule has 4 heteroatoms. The fourth-order valence-electron chi connectivity index (χ4n) is 6.64. The minimum absolute atomic E-state index is 0.0408. The molecule has 0 radical (unpaired) electrons. The Morgan fingerprint density at radius 2 is 0.972 bits per heavy atom. The van der Waals surface area contributed by atoms with Crippen molar-refractivity contribution >= 4 is 33.5 Å². The van der Waals surface area contributed by atoms with E-state index >= 15 is 0 Å². The van der Waals surface area contributed by atoms with Crippen LogP contribution in [0, 0.1) is 11.8 Å². The molecule has 3 aromatic carbocycles. The maximum atomic E-state index is 12.0. The van der Waals surface area contributed by atoms with Crippen LogP contribution in [0.1, 0.15) is 76.3 Å². The maximum absolute atomic E-state index is 12.0. The van der Waals surface area contributed by atoms with E-state index in [2.05, 4.69) is 62.4 Å². The van der Waals surface area contributed by atoms with E-state index in [9.17, 15) is 9.59 Å². The quantitative estimate of drug-likeness (QED) is 0.288. The number of carbonyl (C=O) groups is 2. The molecule has 0 saturated heterocycles. The molecular weight excluding hydrogens is 448 g/mol. The molecule has 0 heterocycles. The van der Waals surface area contributed by atoms with Crippen LogP contribution in [0.2, 0.25) is 0 Å². The topological polar surface area (TPSA) is 52.6 Å². The van der Waals surface area contributed by atoms with Crippen LogP contribution in [0.4, 0.5) is 0 Å². The van der Waals surface area contributed by atoms with Crippen molar-refractivity contribution in [2.45, 2.75) is 76.0 Å². The van der Waals surface area contributed by atoms with Crippen LogP contribution in [-0.2, 0) is 29.9 Å². The van der Waals surface area contributed by atoms with E-state index in [-0.39, 0.29) is 34.6 Å². The van der Waals surface area contributed by atoms with E-state index in [1.54, 1.807) is 0 Å². The van der Waals surface area contributed by atoms with Crippen LogP contribution in [-0.4, -0.2) is 26.2 Å². The smallest absolute Gasteiger partial charge is 0.308 e. The third kappa shape index (κ3) is 4.51. The van der Waals surface area contributed by atoms with Gasteiger partial charge in [-0.05, 0) is 107 Å². The molecule has 5 rings (SSSR count). The zero-order chi connectivity index (χ0) is 25.5. The molecule has 0 spiro atoms. The monoisotopic (exact) mass is 486 g/mol. The molecule has 0 bridgehead atoms. The van der Waals surface area contributed by atoms with Crippen molar-refractivity contribution in [2.24, 2.45) is 11.8 Å². The largest absolute Gasteiger partial charge is 0.469 e.